The summed E-state index contributed by atoms with van der Waals surface area (Å²) < 4.78 is 4.79. The lowest BCUT2D eigenvalue weighted by Crippen LogP contribution is -2.44. The number of nitrogens with two attached hydrogens (primary N) is 1. The minimum Gasteiger partial charge on any atom is -0.383 e. The number of ether oxygens (including phenoxy) is 1. The minimum absolute atomic E-state index is 0.112. The van der Waals surface area contributed by atoms with Crippen LogP contribution in [0.1, 0.15) is 18.5 Å². The quantitative estimate of drug-likeness (QED) is 0.617. The smallest absolute Gasteiger partial charge is 0.239 e. The maximum Gasteiger partial charge on any atom is 0.239 e. The molecular formula is C9H16N4O2. The lowest BCUT2D eigenvalue weighted by atomic mass is 10.2. The molecule has 0 saturated carbocycles. The lowest BCUT2D eigenvalue weighted by molar-refractivity contribution is -0.124. The van der Waals surface area contributed by atoms with Crippen LogP contribution in [0, 0.1) is 0 Å². The van der Waals surface area contributed by atoms with Gasteiger partial charge in [-0.2, -0.15) is 5.10 Å². The Morgan fingerprint density at radius 1 is 1.80 bits per heavy atom. The SMILES string of the molecule is COCC(N)C(=O)NC(C)c1cn[nH]c1. The molecule has 2 atom stereocenters. The molecule has 0 aliphatic carbocycles. The molecule has 0 spiro atoms. The molecule has 0 aliphatic heterocycles. The second-order valence-electron chi connectivity index (χ2n) is 3.32. The number of hydrogen-bond donors (Lipinski definition) is 3. The van der Waals surface area contributed by atoms with Crippen molar-refractivity contribution < 1.29 is 9.53 Å². The van der Waals surface area contributed by atoms with E-state index < -0.39 is 6.04 Å². The Balaban J connectivity index is 2.44. The minimum atomic E-state index is -0.635. The Morgan fingerprint density at radius 2 is 2.53 bits per heavy atom. The van der Waals surface area contributed by atoms with E-state index in [2.05, 4.69) is 15.5 Å². The summed E-state index contributed by atoms with van der Waals surface area (Å²) in [6, 6.07) is -0.747. The van der Waals surface area contributed by atoms with Crippen LogP contribution < -0.4 is 11.1 Å². The first-order chi connectivity index (χ1) is 7.15. The summed E-state index contributed by atoms with van der Waals surface area (Å²) in [4.78, 5) is 11.5. The van der Waals surface area contributed by atoms with Gasteiger partial charge in [0.2, 0.25) is 5.91 Å². The van der Waals surface area contributed by atoms with Crippen LogP contribution >= 0.6 is 0 Å². The molecule has 4 N–H and O–H groups in total. The first-order valence-electron chi connectivity index (χ1n) is 4.68. The van der Waals surface area contributed by atoms with Crippen molar-refractivity contribution >= 4 is 5.91 Å². The van der Waals surface area contributed by atoms with Gasteiger partial charge in [-0.1, -0.05) is 0 Å². The molecule has 1 heterocycles. The molecule has 0 fully saturated rings. The topological polar surface area (TPSA) is 93.0 Å². The summed E-state index contributed by atoms with van der Waals surface area (Å²) in [7, 11) is 1.51. The highest BCUT2D eigenvalue weighted by Crippen LogP contribution is 2.08. The number of aromatic amines is 1. The van der Waals surface area contributed by atoms with Gasteiger partial charge in [-0.05, 0) is 6.92 Å². The van der Waals surface area contributed by atoms with Gasteiger partial charge >= 0.3 is 0 Å². The average Bonchev–Trinajstić information content (AvgIpc) is 2.70. The Morgan fingerprint density at radius 3 is 3.07 bits per heavy atom. The van der Waals surface area contributed by atoms with Crippen LogP contribution in [0.4, 0.5) is 0 Å². The predicted octanol–water partition coefficient (Wildman–Crippen LogP) is -0.439. The fourth-order valence-electron chi connectivity index (χ4n) is 1.16. The molecule has 1 rings (SSSR count). The van der Waals surface area contributed by atoms with Gasteiger partial charge in [0, 0.05) is 18.9 Å². The van der Waals surface area contributed by atoms with Crippen molar-refractivity contribution in [3.63, 3.8) is 0 Å². The Bertz CT molecular complexity index is 299. The summed E-state index contributed by atoms with van der Waals surface area (Å²) in [6.45, 7) is 2.08. The Labute approximate surface area is 88.2 Å². The number of methoxy groups -OCH3 is 1. The van der Waals surface area contributed by atoms with E-state index in [4.69, 9.17) is 10.5 Å². The highest BCUT2D eigenvalue weighted by Gasteiger charge is 2.16. The zero-order chi connectivity index (χ0) is 11.3. The molecule has 6 nitrogen and oxygen atoms in total. The zero-order valence-electron chi connectivity index (χ0n) is 8.86. The molecule has 6 heteroatoms. The van der Waals surface area contributed by atoms with Crippen LogP contribution in [0.15, 0.2) is 12.4 Å². The Kier molecular flexibility index (Phi) is 4.26. The van der Waals surface area contributed by atoms with Gasteiger partial charge in [0.05, 0.1) is 18.8 Å². The normalized spacial score (nSPS) is 14.6. The van der Waals surface area contributed by atoms with E-state index in [0.717, 1.165) is 5.56 Å². The summed E-state index contributed by atoms with van der Waals surface area (Å²) >= 11 is 0. The maximum absolute atomic E-state index is 11.5. The molecule has 0 aliphatic rings. The molecule has 0 bridgehead atoms. The van der Waals surface area contributed by atoms with Crippen molar-refractivity contribution in [2.75, 3.05) is 13.7 Å². The molecule has 1 aromatic rings. The van der Waals surface area contributed by atoms with Crippen molar-refractivity contribution in [2.45, 2.75) is 19.0 Å². The number of H-pyrrole nitrogens is 1. The predicted molar refractivity (Wildman–Crippen MR) is 55.0 cm³/mol. The summed E-state index contributed by atoms with van der Waals surface area (Å²) in [6.07, 6.45) is 3.39. The van der Waals surface area contributed by atoms with Crippen molar-refractivity contribution in [3.05, 3.63) is 18.0 Å². The van der Waals surface area contributed by atoms with Crippen molar-refractivity contribution in [3.8, 4) is 0 Å². The molecule has 15 heavy (non-hydrogen) atoms. The number of hydrogen-bond acceptors (Lipinski definition) is 4. The molecule has 1 amide bonds. The standard InChI is InChI=1S/C9H16N4O2/c1-6(7-3-11-12-4-7)13-9(14)8(10)5-15-2/h3-4,6,8H,5,10H2,1-2H3,(H,11,12)(H,13,14). The van der Waals surface area contributed by atoms with E-state index in [1.165, 1.54) is 7.11 Å². The molecular weight excluding hydrogens is 196 g/mol. The fourth-order valence-corrected chi connectivity index (χ4v) is 1.16. The van der Waals surface area contributed by atoms with E-state index in [1.807, 2.05) is 6.92 Å². The second-order valence-corrected chi connectivity index (χ2v) is 3.32. The van der Waals surface area contributed by atoms with Gasteiger partial charge in [-0.25, -0.2) is 0 Å². The van der Waals surface area contributed by atoms with Crippen LogP contribution in [-0.4, -0.2) is 35.9 Å². The molecule has 2 unspecified atom stereocenters. The summed E-state index contributed by atoms with van der Waals surface area (Å²) in [5.41, 5.74) is 6.48. The van der Waals surface area contributed by atoms with Crippen LogP contribution in [0.5, 0.6) is 0 Å². The van der Waals surface area contributed by atoms with E-state index >= 15 is 0 Å². The van der Waals surface area contributed by atoms with Gasteiger partial charge in [-0.3, -0.25) is 9.89 Å². The third kappa shape index (κ3) is 3.34. The first-order valence-corrected chi connectivity index (χ1v) is 4.68. The number of amides is 1. The molecule has 0 aromatic carbocycles. The number of aromatic nitrogens is 2. The average molecular weight is 212 g/mol. The third-order valence-corrected chi connectivity index (χ3v) is 2.06. The van der Waals surface area contributed by atoms with Gasteiger partial charge in [0.1, 0.15) is 6.04 Å². The monoisotopic (exact) mass is 212 g/mol. The molecule has 1 aromatic heterocycles. The fraction of sp³-hybridized carbons (Fsp3) is 0.556. The third-order valence-electron chi connectivity index (χ3n) is 2.06. The number of carbonyl (C=O) groups is 1. The first kappa shape index (κ1) is 11.7. The number of nitrogens with zero attached hydrogens (tertiary/aromatic N) is 1. The van der Waals surface area contributed by atoms with Gasteiger partial charge in [-0.15, -0.1) is 0 Å². The zero-order valence-corrected chi connectivity index (χ0v) is 8.86. The van der Waals surface area contributed by atoms with E-state index in [1.54, 1.807) is 12.4 Å². The van der Waals surface area contributed by atoms with Crippen LogP contribution in [0.2, 0.25) is 0 Å². The lowest BCUT2D eigenvalue weighted by Gasteiger charge is -2.15. The van der Waals surface area contributed by atoms with E-state index in [9.17, 15) is 4.79 Å². The van der Waals surface area contributed by atoms with Crippen LogP contribution in [0.25, 0.3) is 0 Å². The van der Waals surface area contributed by atoms with Crippen LogP contribution in [0.3, 0.4) is 0 Å². The number of nitrogens with one attached hydrogen (secondary N) is 2. The van der Waals surface area contributed by atoms with Gasteiger partial charge < -0.3 is 15.8 Å². The van der Waals surface area contributed by atoms with Gasteiger partial charge in [0.15, 0.2) is 0 Å². The number of rotatable bonds is 5. The van der Waals surface area contributed by atoms with Crippen LogP contribution in [-0.2, 0) is 9.53 Å². The van der Waals surface area contributed by atoms with Gasteiger partial charge in [0.25, 0.3) is 0 Å². The van der Waals surface area contributed by atoms with Crippen molar-refractivity contribution in [1.29, 1.82) is 0 Å². The van der Waals surface area contributed by atoms with E-state index in [-0.39, 0.29) is 18.6 Å². The molecule has 84 valence electrons. The highest BCUT2D eigenvalue weighted by molar-refractivity contribution is 5.81. The highest BCUT2D eigenvalue weighted by atomic mass is 16.5. The second kappa shape index (κ2) is 5.47. The number of carbonyl (C=O) groups excluding carboxylic acids is 1. The van der Waals surface area contributed by atoms with Crippen molar-refractivity contribution in [1.82, 2.24) is 15.5 Å². The molecule has 0 radical (unpaired) electrons. The van der Waals surface area contributed by atoms with Crippen molar-refractivity contribution in [2.24, 2.45) is 5.73 Å². The maximum atomic E-state index is 11.5. The summed E-state index contributed by atoms with van der Waals surface area (Å²) in [5.74, 6) is -0.231. The largest absolute Gasteiger partial charge is 0.383 e. The summed E-state index contributed by atoms with van der Waals surface area (Å²) in [5, 5.41) is 9.24. The van der Waals surface area contributed by atoms with E-state index in [0.29, 0.717) is 0 Å². The molecule has 0 saturated heterocycles. The Hall–Kier alpha value is -1.40.